The zero-order valence-electron chi connectivity index (χ0n) is 12.5. The highest BCUT2D eigenvalue weighted by molar-refractivity contribution is 5.68. The lowest BCUT2D eigenvalue weighted by molar-refractivity contribution is 0.0765. The Balaban J connectivity index is 2.41. The third kappa shape index (κ3) is 5.65. The molecule has 0 saturated heterocycles. The topological polar surface area (TPSA) is 56.5 Å². The number of rotatable bonds is 9. The summed E-state index contributed by atoms with van der Waals surface area (Å²) in [6.45, 7) is 7.80. The lowest BCUT2D eigenvalue weighted by Gasteiger charge is -2.13. The highest BCUT2D eigenvalue weighted by Crippen LogP contribution is 2.28. The van der Waals surface area contributed by atoms with Gasteiger partial charge < -0.3 is 20.5 Å². The predicted molar refractivity (Wildman–Crippen MR) is 80.8 cm³/mol. The number of hydrogen-bond donors (Lipinski definition) is 2. The number of benzene rings is 1. The van der Waals surface area contributed by atoms with Crippen LogP contribution in [0.4, 0.5) is 15.8 Å². The Labute approximate surface area is 120 Å². The van der Waals surface area contributed by atoms with Crippen molar-refractivity contribution in [2.24, 2.45) is 0 Å². The van der Waals surface area contributed by atoms with Gasteiger partial charge in [0.15, 0.2) is 11.6 Å². The first-order chi connectivity index (χ1) is 9.54. The van der Waals surface area contributed by atoms with Crippen LogP contribution in [0.1, 0.15) is 33.6 Å². The van der Waals surface area contributed by atoms with Gasteiger partial charge in [0.25, 0.3) is 0 Å². The molecule has 4 nitrogen and oxygen atoms in total. The maximum Gasteiger partial charge on any atom is 0.167 e. The summed E-state index contributed by atoms with van der Waals surface area (Å²) >= 11 is 0. The third-order valence-electron chi connectivity index (χ3n) is 2.74. The molecule has 0 saturated carbocycles. The lowest BCUT2D eigenvalue weighted by atomic mass is 10.2. The van der Waals surface area contributed by atoms with E-state index in [1.165, 1.54) is 6.07 Å². The number of ether oxygens (including phenoxy) is 2. The Morgan fingerprint density at radius 1 is 1.30 bits per heavy atom. The molecular weight excluding hydrogens is 259 g/mol. The number of nitrogen functional groups attached to an aromatic ring is 1. The number of unbranched alkanes of at least 4 members (excludes halogenated alkanes) is 1. The van der Waals surface area contributed by atoms with Gasteiger partial charge in [-0.15, -0.1) is 0 Å². The number of hydrogen-bond acceptors (Lipinski definition) is 4. The van der Waals surface area contributed by atoms with Crippen LogP contribution in [0.5, 0.6) is 5.75 Å². The van der Waals surface area contributed by atoms with E-state index < -0.39 is 5.82 Å². The second kappa shape index (κ2) is 8.64. The fourth-order valence-electron chi connectivity index (χ4n) is 1.76. The van der Waals surface area contributed by atoms with E-state index in [9.17, 15) is 4.39 Å². The fourth-order valence-corrected chi connectivity index (χ4v) is 1.76. The maximum absolute atomic E-state index is 13.5. The van der Waals surface area contributed by atoms with E-state index in [-0.39, 0.29) is 11.9 Å². The Hall–Kier alpha value is -1.49. The van der Waals surface area contributed by atoms with Gasteiger partial charge in [0, 0.05) is 25.3 Å². The van der Waals surface area contributed by atoms with E-state index in [2.05, 4.69) is 5.32 Å². The van der Waals surface area contributed by atoms with Gasteiger partial charge in [-0.2, -0.15) is 0 Å². The van der Waals surface area contributed by atoms with Crippen LogP contribution in [0.15, 0.2) is 12.1 Å². The molecule has 1 aromatic rings. The second-order valence-electron chi connectivity index (χ2n) is 4.86. The van der Waals surface area contributed by atoms with E-state index in [1.54, 1.807) is 6.07 Å². The molecule has 0 unspecified atom stereocenters. The Morgan fingerprint density at radius 3 is 2.70 bits per heavy atom. The molecule has 1 rings (SSSR count). The van der Waals surface area contributed by atoms with Crippen LogP contribution in [-0.2, 0) is 4.74 Å². The molecule has 0 heterocycles. The number of anilines is 2. The van der Waals surface area contributed by atoms with Crippen molar-refractivity contribution in [3.05, 3.63) is 17.9 Å². The van der Waals surface area contributed by atoms with Crippen LogP contribution < -0.4 is 15.8 Å². The molecular formula is C15H25FN2O2. The van der Waals surface area contributed by atoms with Gasteiger partial charge in [0.05, 0.1) is 24.1 Å². The molecule has 0 aromatic heterocycles. The summed E-state index contributed by atoms with van der Waals surface area (Å²) in [5.41, 5.74) is 6.89. The van der Waals surface area contributed by atoms with Crippen molar-refractivity contribution in [2.75, 3.05) is 30.8 Å². The summed E-state index contributed by atoms with van der Waals surface area (Å²) in [5.74, 6) is -0.201. The summed E-state index contributed by atoms with van der Waals surface area (Å²) in [4.78, 5) is 0. The maximum atomic E-state index is 13.5. The molecule has 0 fully saturated rings. The standard InChI is InChI=1S/C15H25FN2O2/c1-4-19-15-10-14(13(17)9-12(15)16)18-7-5-6-8-20-11(2)3/h9-11,18H,4-8,17H2,1-3H3. The summed E-state index contributed by atoms with van der Waals surface area (Å²) in [6, 6.07) is 2.90. The van der Waals surface area contributed by atoms with Gasteiger partial charge in [-0.1, -0.05) is 0 Å². The van der Waals surface area contributed by atoms with Crippen LogP contribution >= 0.6 is 0 Å². The van der Waals surface area contributed by atoms with Gasteiger partial charge in [0.2, 0.25) is 0 Å². The molecule has 20 heavy (non-hydrogen) atoms. The van der Waals surface area contributed by atoms with E-state index in [1.807, 2.05) is 20.8 Å². The zero-order chi connectivity index (χ0) is 15.0. The van der Waals surface area contributed by atoms with Crippen molar-refractivity contribution >= 4 is 11.4 Å². The van der Waals surface area contributed by atoms with Crippen LogP contribution in [0, 0.1) is 5.82 Å². The van der Waals surface area contributed by atoms with Gasteiger partial charge in [-0.3, -0.25) is 0 Å². The molecule has 0 aliphatic heterocycles. The van der Waals surface area contributed by atoms with Crippen LogP contribution in [0.2, 0.25) is 0 Å². The van der Waals surface area contributed by atoms with Gasteiger partial charge in [-0.25, -0.2) is 4.39 Å². The van der Waals surface area contributed by atoms with Gasteiger partial charge in [-0.05, 0) is 33.6 Å². The Bertz CT molecular complexity index is 411. The molecule has 1 aromatic carbocycles. The SMILES string of the molecule is CCOc1cc(NCCCCOC(C)C)c(N)cc1F. The normalized spacial score (nSPS) is 10.8. The average molecular weight is 284 g/mol. The minimum absolute atomic E-state index is 0.229. The first kappa shape index (κ1) is 16.6. The summed E-state index contributed by atoms with van der Waals surface area (Å²) < 4.78 is 24.2. The Morgan fingerprint density at radius 2 is 2.05 bits per heavy atom. The molecule has 0 atom stereocenters. The summed E-state index contributed by atoms with van der Waals surface area (Å²) in [6.07, 6.45) is 2.21. The molecule has 0 radical (unpaired) electrons. The number of nitrogens with two attached hydrogens (primary N) is 1. The quantitative estimate of drug-likeness (QED) is 0.539. The minimum Gasteiger partial charge on any atom is -0.491 e. The highest BCUT2D eigenvalue weighted by Gasteiger charge is 2.08. The van der Waals surface area contributed by atoms with Crippen molar-refractivity contribution in [3.8, 4) is 5.75 Å². The van der Waals surface area contributed by atoms with Crippen molar-refractivity contribution in [1.29, 1.82) is 0 Å². The molecule has 0 aliphatic carbocycles. The summed E-state index contributed by atoms with van der Waals surface area (Å²) in [5, 5.41) is 3.20. The largest absolute Gasteiger partial charge is 0.491 e. The van der Waals surface area contributed by atoms with Crippen molar-refractivity contribution in [2.45, 2.75) is 39.7 Å². The third-order valence-corrected chi connectivity index (χ3v) is 2.74. The van der Waals surface area contributed by atoms with Crippen molar-refractivity contribution < 1.29 is 13.9 Å². The van der Waals surface area contributed by atoms with Crippen molar-refractivity contribution in [3.63, 3.8) is 0 Å². The first-order valence-corrected chi connectivity index (χ1v) is 7.11. The van der Waals surface area contributed by atoms with E-state index in [4.69, 9.17) is 15.2 Å². The average Bonchev–Trinajstić information content (AvgIpc) is 2.38. The minimum atomic E-state index is -0.430. The second-order valence-corrected chi connectivity index (χ2v) is 4.86. The highest BCUT2D eigenvalue weighted by atomic mass is 19.1. The first-order valence-electron chi connectivity index (χ1n) is 7.11. The van der Waals surface area contributed by atoms with Crippen molar-refractivity contribution in [1.82, 2.24) is 0 Å². The smallest absolute Gasteiger partial charge is 0.167 e. The van der Waals surface area contributed by atoms with Gasteiger partial charge >= 0.3 is 0 Å². The molecule has 0 amide bonds. The number of nitrogens with one attached hydrogen (secondary N) is 1. The molecule has 114 valence electrons. The lowest BCUT2D eigenvalue weighted by Crippen LogP contribution is -2.08. The zero-order valence-corrected chi connectivity index (χ0v) is 12.5. The molecule has 3 N–H and O–H groups in total. The van der Waals surface area contributed by atoms with Crippen LogP contribution in [-0.4, -0.2) is 25.9 Å². The molecule has 5 heteroatoms. The number of halogens is 1. The monoisotopic (exact) mass is 284 g/mol. The molecule has 0 aliphatic rings. The van der Waals surface area contributed by atoms with E-state index in [0.717, 1.165) is 26.0 Å². The Kier molecular flexibility index (Phi) is 7.15. The van der Waals surface area contributed by atoms with Gasteiger partial charge in [0.1, 0.15) is 0 Å². The predicted octanol–water partition coefficient (Wildman–Crippen LogP) is 3.42. The molecule has 0 bridgehead atoms. The van der Waals surface area contributed by atoms with E-state index >= 15 is 0 Å². The van der Waals surface area contributed by atoms with E-state index in [0.29, 0.717) is 18.0 Å². The van der Waals surface area contributed by atoms with Crippen LogP contribution in [0.25, 0.3) is 0 Å². The van der Waals surface area contributed by atoms with Crippen LogP contribution in [0.3, 0.4) is 0 Å². The fraction of sp³-hybridized carbons (Fsp3) is 0.600. The molecule has 0 spiro atoms. The summed E-state index contributed by atoms with van der Waals surface area (Å²) in [7, 11) is 0.